The summed E-state index contributed by atoms with van der Waals surface area (Å²) < 4.78 is 5.90. The molecule has 0 saturated heterocycles. The first-order valence-corrected chi connectivity index (χ1v) is 11.0. The van der Waals surface area contributed by atoms with Crippen molar-refractivity contribution in [3.63, 3.8) is 0 Å². The van der Waals surface area contributed by atoms with Gasteiger partial charge in [-0.1, -0.05) is 57.2 Å². The lowest BCUT2D eigenvalue weighted by molar-refractivity contribution is 0.0944. The minimum absolute atomic E-state index is 0.00417. The van der Waals surface area contributed by atoms with Gasteiger partial charge in [-0.3, -0.25) is 9.69 Å². The van der Waals surface area contributed by atoms with E-state index in [2.05, 4.69) is 66.7 Å². The molecule has 0 saturated carbocycles. The molecule has 1 amide bonds. The molecule has 0 aliphatic rings. The highest BCUT2D eigenvalue weighted by Gasteiger charge is 2.25. The van der Waals surface area contributed by atoms with E-state index in [4.69, 9.17) is 5.73 Å². The smallest absolute Gasteiger partial charge is 0.292 e. The Bertz CT molecular complexity index is 1100. The second-order valence-electron chi connectivity index (χ2n) is 8.16. The monoisotopic (exact) mass is 453 g/mol. The van der Waals surface area contributed by atoms with Crippen LogP contribution in [0.1, 0.15) is 61.9 Å². The number of aromatic nitrogens is 5. The standard InChI is InChI=1S/C22H31N9O2/c1-6-30(7-2)13-18-19(31(29-25-18)21-20(23)27-33-28-21)22(32)26-24-15(5)17-10-8-16(9-11-17)12-14(3)4/h8-11,14H,6-7,12-13H2,1-5H3,(H2,23,27)(H,26,32)/b24-15-. The van der Waals surface area contributed by atoms with Gasteiger partial charge in [0.25, 0.3) is 5.91 Å². The number of nitrogens with zero attached hydrogens (tertiary/aromatic N) is 7. The molecule has 0 bridgehead atoms. The predicted octanol–water partition coefficient (Wildman–Crippen LogP) is 2.43. The summed E-state index contributed by atoms with van der Waals surface area (Å²) in [5, 5.41) is 19.9. The number of carbonyl (C=O) groups excluding carboxylic acids is 1. The number of benzene rings is 1. The maximum absolute atomic E-state index is 13.2. The van der Waals surface area contributed by atoms with Crippen LogP contribution < -0.4 is 11.2 Å². The van der Waals surface area contributed by atoms with Gasteiger partial charge in [-0.2, -0.15) is 9.78 Å². The Kier molecular flexibility index (Phi) is 7.88. The maximum atomic E-state index is 13.2. The Morgan fingerprint density at radius 3 is 2.48 bits per heavy atom. The number of carbonyl (C=O) groups is 1. The van der Waals surface area contributed by atoms with Crippen molar-refractivity contribution in [3.8, 4) is 5.82 Å². The number of rotatable bonds is 10. The fourth-order valence-corrected chi connectivity index (χ4v) is 3.40. The highest BCUT2D eigenvalue weighted by molar-refractivity contribution is 6.00. The number of amides is 1. The molecule has 0 atom stereocenters. The fraction of sp³-hybridized carbons (Fsp3) is 0.455. The van der Waals surface area contributed by atoms with E-state index in [0.717, 1.165) is 25.1 Å². The van der Waals surface area contributed by atoms with Gasteiger partial charge >= 0.3 is 0 Å². The van der Waals surface area contributed by atoms with E-state index in [1.54, 1.807) is 0 Å². The highest BCUT2D eigenvalue weighted by atomic mass is 16.6. The van der Waals surface area contributed by atoms with Crippen LogP contribution in [0.4, 0.5) is 5.82 Å². The van der Waals surface area contributed by atoms with Crippen molar-refractivity contribution in [3.05, 3.63) is 46.8 Å². The van der Waals surface area contributed by atoms with Gasteiger partial charge in [0, 0.05) is 6.54 Å². The van der Waals surface area contributed by atoms with Gasteiger partial charge < -0.3 is 5.73 Å². The van der Waals surface area contributed by atoms with Gasteiger partial charge in [-0.15, -0.1) is 5.10 Å². The molecule has 0 fully saturated rings. The van der Waals surface area contributed by atoms with Crippen LogP contribution in [0, 0.1) is 5.92 Å². The Hall–Kier alpha value is -3.60. The van der Waals surface area contributed by atoms with Gasteiger partial charge in [-0.05, 0) is 53.8 Å². The summed E-state index contributed by atoms with van der Waals surface area (Å²) in [6.45, 7) is 12.3. The molecule has 11 nitrogen and oxygen atoms in total. The van der Waals surface area contributed by atoms with Crippen LogP contribution in [0.2, 0.25) is 0 Å². The van der Waals surface area contributed by atoms with Crippen LogP contribution in [0.25, 0.3) is 5.82 Å². The summed E-state index contributed by atoms with van der Waals surface area (Å²) in [6.07, 6.45) is 1.01. The van der Waals surface area contributed by atoms with Crippen molar-refractivity contribution < 1.29 is 9.42 Å². The quantitative estimate of drug-likeness (QED) is 0.352. The van der Waals surface area contributed by atoms with E-state index in [-0.39, 0.29) is 17.3 Å². The zero-order valence-corrected chi connectivity index (χ0v) is 19.7. The maximum Gasteiger partial charge on any atom is 0.292 e. The SMILES string of the molecule is CCN(CC)Cc1nnn(-c2nonc2N)c1C(=O)N/N=C(/C)c1ccc(CC(C)C)cc1. The molecule has 2 heterocycles. The molecule has 11 heteroatoms. The first kappa shape index (κ1) is 24.1. The van der Waals surface area contributed by atoms with Crippen LogP contribution in [-0.2, 0) is 13.0 Å². The largest absolute Gasteiger partial charge is 0.378 e. The summed E-state index contributed by atoms with van der Waals surface area (Å²) in [6, 6.07) is 8.17. The second-order valence-corrected chi connectivity index (χ2v) is 8.16. The van der Waals surface area contributed by atoms with E-state index >= 15 is 0 Å². The van der Waals surface area contributed by atoms with Crippen LogP contribution >= 0.6 is 0 Å². The van der Waals surface area contributed by atoms with Crippen LogP contribution in [0.5, 0.6) is 0 Å². The molecule has 3 N–H and O–H groups in total. The van der Waals surface area contributed by atoms with E-state index in [9.17, 15) is 4.79 Å². The van der Waals surface area contributed by atoms with Gasteiger partial charge in [0.05, 0.1) is 5.71 Å². The average Bonchev–Trinajstić information content (AvgIpc) is 3.41. The Morgan fingerprint density at radius 1 is 1.21 bits per heavy atom. The minimum atomic E-state index is -0.486. The third-order valence-electron chi connectivity index (χ3n) is 5.26. The highest BCUT2D eigenvalue weighted by Crippen LogP contribution is 2.17. The van der Waals surface area contributed by atoms with Crippen molar-refractivity contribution in [2.24, 2.45) is 11.0 Å². The average molecular weight is 454 g/mol. The molecule has 0 spiro atoms. The Morgan fingerprint density at radius 2 is 1.91 bits per heavy atom. The first-order valence-electron chi connectivity index (χ1n) is 11.0. The molecule has 3 aromatic rings. The lowest BCUT2D eigenvalue weighted by Gasteiger charge is -2.16. The molecule has 0 aliphatic heterocycles. The molecule has 3 rings (SSSR count). The van der Waals surface area contributed by atoms with Crippen LogP contribution in [0.15, 0.2) is 34.0 Å². The van der Waals surface area contributed by atoms with Gasteiger partial charge in [0.2, 0.25) is 11.6 Å². The molecule has 176 valence electrons. The van der Waals surface area contributed by atoms with Gasteiger partial charge in [0.15, 0.2) is 5.69 Å². The van der Waals surface area contributed by atoms with Gasteiger partial charge in [-0.25, -0.2) is 10.1 Å². The second kappa shape index (κ2) is 10.8. The third-order valence-corrected chi connectivity index (χ3v) is 5.26. The van der Waals surface area contributed by atoms with Gasteiger partial charge in [0.1, 0.15) is 5.69 Å². The lowest BCUT2D eigenvalue weighted by atomic mass is 10.0. The molecule has 33 heavy (non-hydrogen) atoms. The van der Waals surface area contributed by atoms with E-state index in [1.807, 2.05) is 32.9 Å². The van der Waals surface area contributed by atoms with Crippen molar-refractivity contribution >= 4 is 17.4 Å². The number of nitrogen functional groups attached to an aromatic ring is 1. The van der Waals surface area contributed by atoms with E-state index in [0.29, 0.717) is 23.9 Å². The number of hydrogen-bond donors (Lipinski definition) is 2. The molecule has 2 aromatic heterocycles. The molecule has 0 unspecified atom stereocenters. The fourth-order valence-electron chi connectivity index (χ4n) is 3.40. The number of anilines is 1. The van der Waals surface area contributed by atoms with Crippen LogP contribution in [0.3, 0.4) is 0 Å². The third kappa shape index (κ3) is 5.80. The van der Waals surface area contributed by atoms with Crippen molar-refractivity contribution in [2.45, 2.75) is 47.6 Å². The summed E-state index contributed by atoms with van der Waals surface area (Å²) in [4.78, 5) is 15.3. The number of nitrogens with one attached hydrogen (secondary N) is 1. The zero-order chi connectivity index (χ0) is 24.0. The summed E-state index contributed by atoms with van der Waals surface area (Å²) >= 11 is 0. The molecular weight excluding hydrogens is 422 g/mol. The van der Waals surface area contributed by atoms with Crippen molar-refractivity contribution in [1.82, 2.24) is 35.6 Å². The Balaban J connectivity index is 1.85. The predicted molar refractivity (Wildman–Crippen MR) is 125 cm³/mol. The lowest BCUT2D eigenvalue weighted by Crippen LogP contribution is -2.27. The normalized spacial score (nSPS) is 12.0. The van der Waals surface area contributed by atoms with E-state index < -0.39 is 5.91 Å². The number of nitrogens with two attached hydrogens (primary N) is 1. The van der Waals surface area contributed by atoms with Crippen LogP contribution in [-0.4, -0.2) is 54.9 Å². The Labute approximate surface area is 193 Å². The topological polar surface area (TPSA) is 140 Å². The zero-order valence-electron chi connectivity index (χ0n) is 19.7. The summed E-state index contributed by atoms with van der Waals surface area (Å²) in [5.74, 6) is 0.201. The minimum Gasteiger partial charge on any atom is -0.378 e. The summed E-state index contributed by atoms with van der Waals surface area (Å²) in [7, 11) is 0. The molecule has 0 aliphatic carbocycles. The molecule has 0 radical (unpaired) electrons. The van der Waals surface area contributed by atoms with Crippen molar-refractivity contribution in [2.75, 3.05) is 18.8 Å². The molecular formula is C22H31N9O2. The number of hydrogen-bond acceptors (Lipinski definition) is 9. The van der Waals surface area contributed by atoms with E-state index in [1.165, 1.54) is 10.2 Å². The summed E-state index contributed by atoms with van der Waals surface area (Å²) in [5.41, 5.74) is 11.9. The number of hydrazone groups is 1. The van der Waals surface area contributed by atoms with Crippen molar-refractivity contribution in [1.29, 1.82) is 0 Å². The first-order chi connectivity index (χ1) is 15.8. The molecule has 1 aromatic carbocycles.